The number of nitrogens with one attached hydrogen (secondary N) is 2. The van der Waals surface area contributed by atoms with Gasteiger partial charge >= 0.3 is 0 Å². The molecule has 1 aromatic carbocycles. The lowest BCUT2D eigenvalue weighted by atomic mass is 10.2. The van der Waals surface area contributed by atoms with E-state index in [2.05, 4.69) is 39.6 Å². The topological polar surface area (TPSA) is 67.4 Å². The number of methoxy groups -OCH3 is 2. The van der Waals surface area contributed by atoms with Crippen molar-refractivity contribution >= 4 is 11.6 Å². The summed E-state index contributed by atoms with van der Waals surface area (Å²) in [6.07, 6.45) is 4.34. The van der Waals surface area contributed by atoms with Gasteiger partial charge in [-0.3, -0.25) is 4.99 Å². The lowest BCUT2D eigenvalue weighted by Crippen LogP contribution is -2.45. The van der Waals surface area contributed by atoms with E-state index in [1.165, 1.54) is 6.42 Å². The van der Waals surface area contributed by atoms with Crippen molar-refractivity contribution in [1.82, 2.24) is 10.6 Å². The molecule has 0 bridgehead atoms. The summed E-state index contributed by atoms with van der Waals surface area (Å²) in [5.74, 6) is 2.47. The van der Waals surface area contributed by atoms with Gasteiger partial charge in [0, 0.05) is 69.8 Å². The number of rotatable bonds is 11. The molecule has 2 rings (SSSR count). The van der Waals surface area contributed by atoms with Crippen LogP contribution in [0.25, 0.3) is 0 Å². The van der Waals surface area contributed by atoms with Gasteiger partial charge in [0.05, 0.1) is 14.2 Å². The van der Waals surface area contributed by atoms with Crippen molar-refractivity contribution in [3.63, 3.8) is 0 Å². The van der Waals surface area contributed by atoms with Gasteiger partial charge in [-0.15, -0.1) is 0 Å². The van der Waals surface area contributed by atoms with Crippen LogP contribution in [0.1, 0.15) is 32.6 Å². The highest BCUT2D eigenvalue weighted by atomic mass is 16.5. The first-order valence-corrected chi connectivity index (χ1v) is 10.2. The van der Waals surface area contributed by atoms with Crippen LogP contribution in [0.2, 0.25) is 0 Å². The lowest BCUT2D eigenvalue weighted by molar-refractivity contribution is 0.129. The quantitative estimate of drug-likeness (QED) is 0.343. The van der Waals surface area contributed by atoms with Crippen LogP contribution in [0.5, 0.6) is 11.5 Å². The Morgan fingerprint density at radius 2 is 1.86 bits per heavy atom. The molecule has 1 fully saturated rings. The Balaban J connectivity index is 1.77. The molecule has 7 nitrogen and oxygen atoms in total. The number of hydrogen-bond donors (Lipinski definition) is 2. The molecule has 1 aromatic rings. The molecule has 1 aliphatic heterocycles. The van der Waals surface area contributed by atoms with Crippen molar-refractivity contribution in [2.45, 2.75) is 38.6 Å². The van der Waals surface area contributed by atoms with Gasteiger partial charge in [0.25, 0.3) is 0 Å². The average Bonchev–Trinajstić information content (AvgIpc) is 3.20. The zero-order valence-electron chi connectivity index (χ0n) is 17.8. The number of ether oxygens (including phenoxy) is 3. The molecule has 1 saturated heterocycles. The van der Waals surface area contributed by atoms with Crippen molar-refractivity contribution in [1.29, 1.82) is 0 Å². The van der Waals surface area contributed by atoms with Gasteiger partial charge in [-0.1, -0.05) is 13.3 Å². The van der Waals surface area contributed by atoms with E-state index in [0.29, 0.717) is 6.04 Å². The number of nitrogens with zero attached hydrogens (tertiary/aromatic N) is 2. The number of unbranched alkanes of at least 4 members (excludes halogenated alkanes) is 1. The first-order valence-electron chi connectivity index (χ1n) is 10.2. The Bertz CT molecular complexity index is 587. The van der Waals surface area contributed by atoms with Gasteiger partial charge in [-0.2, -0.15) is 0 Å². The highest BCUT2D eigenvalue weighted by Crippen LogP contribution is 2.30. The van der Waals surface area contributed by atoms with E-state index in [1.54, 1.807) is 14.2 Å². The minimum Gasteiger partial charge on any atom is -0.497 e. The molecule has 7 heteroatoms. The van der Waals surface area contributed by atoms with Crippen molar-refractivity contribution < 1.29 is 14.2 Å². The van der Waals surface area contributed by atoms with Crippen LogP contribution in [0.4, 0.5) is 5.69 Å². The maximum Gasteiger partial charge on any atom is 0.191 e. The van der Waals surface area contributed by atoms with E-state index in [4.69, 9.17) is 14.2 Å². The third kappa shape index (κ3) is 7.11. The molecule has 0 spiro atoms. The molecule has 1 unspecified atom stereocenters. The van der Waals surface area contributed by atoms with Gasteiger partial charge in [-0.05, 0) is 19.3 Å². The first-order chi connectivity index (χ1) is 13.7. The Morgan fingerprint density at radius 3 is 2.50 bits per heavy atom. The summed E-state index contributed by atoms with van der Waals surface area (Å²) in [7, 11) is 5.17. The second-order valence-corrected chi connectivity index (χ2v) is 6.97. The van der Waals surface area contributed by atoms with Crippen LogP contribution < -0.4 is 25.0 Å². The summed E-state index contributed by atoms with van der Waals surface area (Å²) < 4.78 is 16.4. The summed E-state index contributed by atoms with van der Waals surface area (Å²) in [6, 6.07) is 6.35. The van der Waals surface area contributed by atoms with E-state index in [1.807, 2.05) is 13.1 Å². The molecular weight excluding hydrogens is 356 g/mol. The SMILES string of the molecule is CCCCOCCCNC(=NC)NC1CCN(c2cc(OC)cc(OC)c2)C1. The fraction of sp³-hybridized carbons (Fsp3) is 0.667. The van der Waals surface area contributed by atoms with Crippen molar-refractivity contribution in [3.8, 4) is 11.5 Å². The Kier molecular flexibility index (Phi) is 9.76. The Morgan fingerprint density at radius 1 is 1.14 bits per heavy atom. The maximum atomic E-state index is 5.60. The summed E-state index contributed by atoms with van der Waals surface area (Å²) in [6.45, 7) is 6.58. The molecule has 0 saturated carbocycles. The molecule has 1 aliphatic rings. The molecule has 0 amide bonds. The summed E-state index contributed by atoms with van der Waals surface area (Å²) >= 11 is 0. The molecule has 1 atom stereocenters. The number of hydrogen-bond acceptors (Lipinski definition) is 5. The Hall–Kier alpha value is -2.15. The summed E-state index contributed by atoms with van der Waals surface area (Å²) in [5, 5.41) is 6.91. The highest BCUT2D eigenvalue weighted by molar-refractivity contribution is 5.80. The monoisotopic (exact) mass is 392 g/mol. The second-order valence-electron chi connectivity index (χ2n) is 6.97. The van der Waals surface area contributed by atoms with E-state index < -0.39 is 0 Å². The molecule has 2 N–H and O–H groups in total. The maximum absolute atomic E-state index is 5.60. The second kappa shape index (κ2) is 12.3. The molecule has 0 radical (unpaired) electrons. The molecule has 158 valence electrons. The molecule has 1 heterocycles. The van der Waals surface area contributed by atoms with Crippen LogP contribution in [0, 0.1) is 0 Å². The normalized spacial score (nSPS) is 16.9. The summed E-state index contributed by atoms with van der Waals surface area (Å²) in [4.78, 5) is 6.69. The van der Waals surface area contributed by atoms with Crippen molar-refractivity contribution in [2.75, 3.05) is 59.0 Å². The van der Waals surface area contributed by atoms with Crippen LogP contribution in [0.3, 0.4) is 0 Å². The minimum atomic E-state index is 0.351. The Labute approximate surface area is 169 Å². The van der Waals surface area contributed by atoms with Crippen molar-refractivity contribution in [2.24, 2.45) is 4.99 Å². The third-order valence-electron chi connectivity index (χ3n) is 4.85. The largest absolute Gasteiger partial charge is 0.497 e. The number of guanidine groups is 1. The van der Waals surface area contributed by atoms with Gasteiger partial charge in [0.2, 0.25) is 0 Å². The van der Waals surface area contributed by atoms with Crippen LogP contribution in [-0.4, -0.2) is 66.1 Å². The minimum absolute atomic E-state index is 0.351. The summed E-state index contributed by atoms with van der Waals surface area (Å²) in [5.41, 5.74) is 1.12. The number of aliphatic imine (C=N–C) groups is 1. The average molecular weight is 393 g/mol. The number of anilines is 1. The van der Waals surface area contributed by atoms with Crippen molar-refractivity contribution in [3.05, 3.63) is 18.2 Å². The van der Waals surface area contributed by atoms with Gasteiger partial charge in [0.15, 0.2) is 5.96 Å². The van der Waals surface area contributed by atoms with E-state index in [0.717, 1.165) is 75.3 Å². The number of benzene rings is 1. The molecule has 28 heavy (non-hydrogen) atoms. The van der Waals surface area contributed by atoms with Crippen LogP contribution in [0.15, 0.2) is 23.2 Å². The standard InChI is InChI=1S/C21H36N4O3/c1-5-6-11-28-12-7-9-23-21(22-2)24-17-8-10-25(16-17)18-13-19(26-3)15-20(14-18)27-4/h13-15,17H,5-12,16H2,1-4H3,(H2,22,23,24). The zero-order valence-corrected chi connectivity index (χ0v) is 17.8. The van der Waals surface area contributed by atoms with Crippen LogP contribution in [-0.2, 0) is 4.74 Å². The predicted octanol–water partition coefficient (Wildman–Crippen LogP) is 2.65. The molecular formula is C21H36N4O3. The van der Waals surface area contributed by atoms with Gasteiger partial charge in [0.1, 0.15) is 11.5 Å². The van der Waals surface area contributed by atoms with Crippen LogP contribution >= 0.6 is 0 Å². The lowest BCUT2D eigenvalue weighted by Gasteiger charge is -2.21. The predicted molar refractivity (Wildman–Crippen MR) is 115 cm³/mol. The van der Waals surface area contributed by atoms with E-state index in [-0.39, 0.29) is 0 Å². The molecule has 0 aliphatic carbocycles. The third-order valence-corrected chi connectivity index (χ3v) is 4.85. The fourth-order valence-electron chi connectivity index (χ4n) is 3.21. The first kappa shape index (κ1) is 22.1. The van der Waals surface area contributed by atoms with E-state index in [9.17, 15) is 0 Å². The smallest absolute Gasteiger partial charge is 0.191 e. The fourth-order valence-corrected chi connectivity index (χ4v) is 3.21. The van der Waals surface area contributed by atoms with Gasteiger partial charge < -0.3 is 29.7 Å². The van der Waals surface area contributed by atoms with Gasteiger partial charge in [-0.25, -0.2) is 0 Å². The molecule has 0 aromatic heterocycles. The highest BCUT2D eigenvalue weighted by Gasteiger charge is 2.24. The zero-order chi connectivity index (χ0) is 20.2. The van der Waals surface area contributed by atoms with E-state index >= 15 is 0 Å².